The van der Waals surface area contributed by atoms with Crippen molar-refractivity contribution in [2.75, 3.05) is 89.2 Å². The minimum atomic E-state index is -5.22. The predicted octanol–water partition coefficient (Wildman–Crippen LogP) is 5.55. The van der Waals surface area contributed by atoms with E-state index in [1.165, 1.54) is 71.1 Å². The van der Waals surface area contributed by atoms with E-state index in [4.69, 9.17) is 11.2 Å². The Kier molecular flexibility index (Phi) is 30.3. The minimum absolute atomic E-state index is 0.00116. The fraction of sp³-hybridized carbons (Fsp3) is 0.811. The lowest BCUT2D eigenvalue weighted by Crippen LogP contribution is -2.68. The van der Waals surface area contributed by atoms with Gasteiger partial charge in [0.25, 0.3) is 0 Å². The SMILES string of the molecule is C#CC[C@H]1C(=O)N[C@@H]([C@@H](C)CC)C(=O)N(C)CC(=O)N(C)[C@H]2CCCCCN(C2=O)[C@@H](CC2CCC(C(F)(F)F)CC2)C(=O)N(C)CC(=O)N[C@@H](CCC2CC(F)C(C(F)(F)F)C(F)C2)C(=O)N2C[C@H](OCC)C[C@H]2C(=O)NC2(CCC2)C(=O)N(C)[C@@H](C2CCCC2)C(=O)N(C)[C@H](C(=O)N(C)C)CC(=O)N1C. The Balaban J connectivity index is 1.32. The van der Waals surface area contributed by atoms with Crippen LogP contribution in [0.5, 0.6) is 0 Å². The second-order valence-corrected chi connectivity index (χ2v) is 31.3. The lowest BCUT2D eigenvalue weighted by atomic mass is 9.74. The van der Waals surface area contributed by atoms with Crippen molar-refractivity contribution in [3.63, 3.8) is 0 Å². The van der Waals surface area contributed by atoms with Crippen molar-refractivity contribution in [1.29, 1.82) is 0 Å². The topological polar surface area (TPSA) is 279 Å². The number of nitrogens with one attached hydrogen (secondary N) is 3. The monoisotopic (exact) mass is 1530 g/mol. The van der Waals surface area contributed by atoms with Crippen LogP contribution in [-0.4, -0.2) is 289 Å². The highest BCUT2D eigenvalue weighted by atomic mass is 19.4. The van der Waals surface area contributed by atoms with Gasteiger partial charge in [-0.05, 0) is 133 Å². The zero-order valence-electron chi connectivity index (χ0n) is 63.8. The molecule has 12 atom stereocenters. The first kappa shape index (κ1) is 86.8. The molecular formula is C74H112F8N12O13. The number of hydrogen-bond donors (Lipinski definition) is 3. The number of nitrogens with zero attached hydrogens (tertiary/aromatic N) is 9. The van der Waals surface area contributed by atoms with Crippen LogP contribution in [-0.2, 0) is 62.3 Å². The number of hydrogen-bond acceptors (Lipinski definition) is 13. The summed E-state index contributed by atoms with van der Waals surface area (Å²) in [4.78, 5) is 190. The maximum Gasteiger partial charge on any atom is 0.397 e. The normalized spacial score (nSPS) is 31.9. The summed E-state index contributed by atoms with van der Waals surface area (Å²) in [5.41, 5.74) is -1.70. The molecule has 2 unspecified atom stereocenters. The van der Waals surface area contributed by atoms with Crippen LogP contribution < -0.4 is 16.0 Å². The van der Waals surface area contributed by atoms with Gasteiger partial charge in [-0.25, -0.2) is 8.78 Å². The van der Waals surface area contributed by atoms with E-state index < -0.39 is 236 Å². The number of ether oxygens (including phenoxy) is 1. The summed E-state index contributed by atoms with van der Waals surface area (Å²) >= 11 is 0. The molecule has 25 nitrogen and oxygen atoms in total. The number of fused-ring (bicyclic) bond motifs is 3. The summed E-state index contributed by atoms with van der Waals surface area (Å²) in [7, 11) is 10.7. The van der Waals surface area contributed by atoms with Crippen LogP contribution in [0.2, 0.25) is 0 Å². The molecule has 12 amide bonds. The van der Waals surface area contributed by atoms with Crippen LogP contribution in [0.25, 0.3) is 0 Å². The molecule has 7 rings (SSSR count). The molecule has 3 heterocycles. The first-order valence-electron chi connectivity index (χ1n) is 38.0. The van der Waals surface area contributed by atoms with Crippen LogP contribution in [0.3, 0.4) is 0 Å². The predicted molar refractivity (Wildman–Crippen MR) is 375 cm³/mol. The average molecular weight is 1530 g/mol. The second kappa shape index (κ2) is 37.3. The Hall–Kier alpha value is -7.40. The number of halogens is 8. The Labute approximate surface area is 622 Å². The molecule has 7 aliphatic rings. The summed E-state index contributed by atoms with van der Waals surface area (Å²) in [5, 5.41) is 8.28. The third-order valence-electron chi connectivity index (χ3n) is 23.8. The fourth-order valence-electron chi connectivity index (χ4n) is 16.9. The number of amides is 12. The van der Waals surface area contributed by atoms with Crippen molar-refractivity contribution in [3.8, 4) is 12.3 Å². The maximum atomic E-state index is 15.5. The van der Waals surface area contributed by atoms with Crippen LogP contribution in [0.15, 0.2) is 0 Å². The molecule has 4 aliphatic carbocycles. The van der Waals surface area contributed by atoms with Crippen molar-refractivity contribution in [1.82, 2.24) is 60.0 Å². The van der Waals surface area contributed by atoms with E-state index in [9.17, 15) is 55.1 Å². The minimum Gasteiger partial charge on any atom is -0.377 e. The first-order valence-corrected chi connectivity index (χ1v) is 38.0. The van der Waals surface area contributed by atoms with E-state index in [0.29, 0.717) is 57.8 Å². The Bertz CT molecular complexity index is 3220. The van der Waals surface area contributed by atoms with E-state index in [1.807, 2.05) is 0 Å². The summed E-state index contributed by atoms with van der Waals surface area (Å²) in [6.45, 7) is 3.24. The molecule has 7 fully saturated rings. The zero-order valence-corrected chi connectivity index (χ0v) is 63.8. The summed E-state index contributed by atoms with van der Waals surface area (Å²) in [6.07, 6.45) is -10.1. The van der Waals surface area contributed by atoms with Crippen molar-refractivity contribution < 1.29 is 97.4 Å². The molecule has 0 aromatic rings. The highest BCUT2D eigenvalue weighted by molar-refractivity contribution is 6.01. The molecule has 0 aromatic carbocycles. The van der Waals surface area contributed by atoms with Gasteiger partial charge in [-0.1, -0.05) is 46.0 Å². The van der Waals surface area contributed by atoms with E-state index in [-0.39, 0.29) is 83.9 Å². The number of carbonyl (C=O) groups is 12. The van der Waals surface area contributed by atoms with Crippen molar-refractivity contribution in [2.24, 2.45) is 35.5 Å². The Morgan fingerprint density at radius 3 is 1.81 bits per heavy atom. The van der Waals surface area contributed by atoms with Crippen molar-refractivity contribution in [3.05, 3.63) is 0 Å². The van der Waals surface area contributed by atoms with Crippen LogP contribution in [0.1, 0.15) is 175 Å². The van der Waals surface area contributed by atoms with E-state index >= 15 is 37.5 Å². The second-order valence-electron chi connectivity index (χ2n) is 31.3. The summed E-state index contributed by atoms with van der Waals surface area (Å²) in [6, 6.07) is -11.6. The first-order chi connectivity index (χ1) is 50.2. The third-order valence-corrected chi connectivity index (χ3v) is 23.8. The van der Waals surface area contributed by atoms with Gasteiger partial charge < -0.3 is 64.8 Å². The van der Waals surface area contributed by atoms with Gasteiger partial charge in [0.15, 0.2) is 0 Å². The molecular weight excluding hydrogens is 1420 g/mol. The number of alkyl halides is 8. The van der Waals surface area contributed by atoms with E-state index in [2.05, 4.69) is 21.9 Å². The van der Waals surface area contributed by atoms with Crippen LogP contribution in [0.4, 0.5) is 35.1 Å². The van der Waals surface area contributed by atoms with Crippen LogP contribution in [0, 0.1) is 47.9 Å². The van der Waals surface area contributed by atoms with E-state index in [0.717, 1.165) is 29.4 Å². The molecule has 107 heavy (non-hydrogen) atoms. The van der Waals surface area contributed by atoms with Gasteiger partial charge in [0.05, 0.1) is 31.5 Å². The molecule has 0 radical (unpaired) electrons. The van der Waals surface area contributed by atoms with Gasteiger partial charge >= 0.3 is 12.4 Å². The summed E-state index contributed by atoms with van der Waals surface area (Å²) < 4.78 is 121. The maximum absolute atomic E-state index is 15.5. The molecule has 602 valence electrons. The lowest BCUT2D eigenvalue weighted by Gasteiger charge is -2.46. The lowest BCUT2D eigenvalue weighted by molar-refractivity contribution is -0.219. The molecule has 33 heteroatoms. The average Bonchev–Trinajstić information content (AvgIpc) is 1.66. The van der Waals surface area contributed by atoms with Gasteiger partial charge in [-0.2, -0.15) is 26.3 Å². The quantitative estimate of drug-likeness (QED) is 0.160. The zero-order chi connectivity index (χ0) is 79.5. The Morgan fingerprint density at radius 2 is 1.25 bits per heavy atom. The van der Waals surface area contributed by atoms with E-state index in [1.54, 1.807) is 20.8 Å². The third kappa shape index (κ3) is 20.9. The number of carbonyl (C=O) groups excluding carboxylic acids is 12. The molecule has 3 saturated heterocycles. The van der Waals surface area contributed by atoms with Crippen molar-refractivity contribution in [2.45, 2.75) is 260 Å². The van der Waals surface area contributed by atoms with Gasteiger partial charge in [0.2, 0.25) is 70.9 Å². The molecule has 4 saturated carbocycles. The molecule has 3 N–H and O–H groups in total. The highest BCUT2D eigenvalue weighted by Gasteiger charge is 2.56. The smallest absolute Gasteiger partial charge is 0.377 e. The number of rotatable bonds is 12. The van der Waals surface area contributed by atoms with Gasteiger partial charge in [-0.3, -0.25) is 57.5 Å². The van der Waals surface area contributed by atoms with Gasteiger partial charge in [0.1, 0.15) is 72.1 Å². The standard InChI is InChI=1S/C74H112F8N12O13/c1-13-22-52-63(98)84-61(43(4)14-2)69(104)88(8)42-59(97)90(10)53-25-17-16-20-34-93(68(53)103)56(37-44-26-29-47(30-27-44)73(77,78)79)67(102)87(7)41-57(95)83-51(31-28-45-35-49(75)60(50(76)36-45)74(80,81)82)65(100)94-40-48(107-15-3)38-54(94)64(99)85-72(32-21-33-72)71(106)92(12)62(46-23-18-19-24-46)70(105)91(11)55(66(101)86(5)6)39-58(96)89(52)9/h1,43-56,60-62H,14-42H2,2-12H3,(H,83,95)(H,84,98)(H,85,99)/t43-,44?,45?,47?,48+,49?,50?,51-,52-,53-,54-,55-,56-,60?,61-,62-/m0/s1. The fourth-order valence-corrected chi connectivity index (χ4v) is 16.9. The summed E-state index contributed by atoms with van der Waals surface area (Å²) in [5.74, 6) is -14.7. The van der Waals surface area contributed by atoms with Crippen molar-refractivity contribution >= 4 is 70.9 Å². The molecule has 0 aromatic heterocycles. The largest absolute Gasteiger partial charge is 0.397 e. The van der Waals surface area contributed by atoms with Gasteiger partial charge in [0, 0.05) is 88.9 Å². The number of terminal acetylenes is 1. The number of likely N-dealkylation sites (N-methyl/N-ethyl adjacent to an activating group) is 7. The molecule has 2 bridgehead atoms. The van der Waals surface area contributed by atoms with Crippen LogP contribution >= 0.6 is 0 Å². The highest BCUT2D eigenvalue weighted by Crippen LogP contribution is 2.46. The molecule has 1 spiro atoms. The Morgan fingerprint density at radius 1 is 0.636 bits per heavy atom. The van der Waals surface area contributed by atoms with Gasteiger partial charge in [-0.15, -0.1) is 12.3 Å². The molecule has 3 aliphatic heterocycles.